The van der Waals surface area contributed by atoms with Crippen molar-refractivity contribution < 1.29 is 0 Å². The topological polar surface area (TPSA) is 72.8 Å². The number of benzene rings is 2. The predicted octanol–water partition coefficient (Wildman–Crippen LogP) is 5.71. The first-order valence-corrected chi connectivity index (χ1v) is 15.0. The maximum absolute atomic E-state index is 5.19. The van der Waals surface area contributed by atoms with Gasteiger partial charge in [-0.25, -0.2) is 0 Å². The van der Waals surface area contributed by atoms with E-state index in [1.807, 2.05) is 45.8 Å². The Morgan fingerprint density at radius 3 is 2.45 bits per heavy atom. The largest absolute Gasteiger partial charge is 0.369 e. The summed E-state index contributed by atoms with van der Waals surface area (Å²) in [5.41, 5.74) is 4.46. The van der Waals surface area contributed by atoms with Crippen LogP contribution in [0, 0.1) is 6.92 Å². The molecule has 0 amide bonds. The quantitative estimate of drug-likeness (QED) is 0.107. The van der Waals surface area contributed by atoms with E-state index in [4.69, 9.17) is 4.99 Å². The number of amidine groups is 1. The molecule has 1 aliphatic rings. The summed E-state index contributed by atoms with van der Waals surface area (Å²) in [6.07, 6.45) is 3.54. The minimum Gasteiger partial charge on any atom is -0.369 e. The fourth-order valence-electron chi connectivity index (χ4n) is 4.89. The van der Waals surface area contributed by atoms with Crippen LogP contribution in [0.4, 0.5) is 5.69 Å². The molecule has 210 valence electrons. The van der Waals surface area contributed by atoms with Crippen molar-refractivity contribution in [3.63, 3.8) is 0 Å². The van der Waals surface area contributed by atoms with E-state index in [0.717, 1.165) is 61.9 Å². The van der Waals surface area contributed by atoms with Crippen LogP contribution in [0.5, 0.6) is 0 Å². The van der Waals surface area contributed by atoms with Crippen molar-refractivity contribution in [3.8, 4) is 0 Å². The normalized spacial score (nSPS) is 14.8. The zero-order chi connectivity index (χ0) is 28.0. The lowest BCUT2D eigenvalue weighted by molar-refractivity contribution is 0.140. The number of nitrogens with zero attached hydrogens (tertiary/aromatic N) is 2. The molecule has 7 heteroatoms. The van der Waals surface area contributed by atoms with Gasteiger partial charge in [0.2, 0.25) is 0 Å². The van der Waals surface area contributed by atoms with Crippen LogP contribution in [0.3, 0.4) is 0 Å². The number of hydrogen-bond donors (Lipinski definition) is 4. The van der Waals surface area contributed by atoms with Gasteiger partial charge in [-0.2, -0.15) is 0 Å². The van der Waals surface area contributed by atoms with Crippen molar-refractivity contribution >= 4 is 30.0 Å². The van der Waals surface area contributed by atoms with Crippen LogP contribution in [0.15, 0.2) is 57.3 Å². The van der Waals surface area contributed by atoms with Crippen LogP contribution in [0.25, 0.3) is 0 Å². The van der Waals surface area contributed by atoms with E-state index >= 15 is 0 Å². The molecule has 0 spiro atoms. The Balaban J connectivity index is 0.00000247. The zero-order valence-corrected chi connectivity index (χ0v) is 25.5. The Bertz CT molecular complexity index is 1030. The Labute approximate surface area is 236 Å². The van der Waals surface area contributed by atoms with Crippen molar-refractivity contribution in [2.75, 3.05) is 39.5 Å². The molecule has 0 aromatic heterocycles. The molecule has 3 rings (SSSR count). The van der Waals surface area contributed by atoms with Crippen LogP contribution >= 0.6 is 11.8 Å². The van der Waals surface area contributed by atoms with Crippen molar-refractivity contribution in [1.29, 1.82) is 0 Å². The third-order valence-electron chi connectivity index (χ3n) is 6.64. The van der Waals surface area contributed by atoms with Gasteiger partial charge >= 0.3 is 0 Å². The van der Waals surface area contributed by atoms with Crippen molar-refractivity contribution in [2.45, 2.75) is 76.4 Å². The number of rotatable bonds is 14. The molecule has 4 N–H and O–H groups in total. The predicted molar refractivity (Wildman–Crippen MR) is 169 cm³/mol. The Hall–Kier alpha value is -2.19. The average molecular weight is 539 g/mol. The maximum atomic E-state index is 5.19. The van der Waals surface area contributed by atoms with E-state index in [1.54, 1.807) is 0 Å². The summed E-state index contributed by atoms with van der Waals surface area (Å²) in [6.45, 7) is 17.8. The highest BCUT2D eigenvalue weighted by Crippen LogP contribution is 2.34. The van der Waals surface area contributed by atoms with Gasteiger partial charge in [0.05, 0.1) is 12.2 Å². The van der Waals surface area contributed by atoms with E-state index in [0.29, 0.717) is 0 Å². The number of aryl methyl sites for hydroxylation is 1. The summed E-state index contributed by atoms with van der Waals surface area (Å²) < 4.78 is 0. The van der Waals surface area contributed by atoms with E-state index in [9.17, 15) is 0 Å². The molecule has 2 aromatic rings. The average Bonchev–Trinajstić information content (AvgIpc) is 2.88. The molecule has 0 unspecified atom stereocenters. The van der Waals surface area contributed by atoms with Gasteiger partial charge in [-0.3, -0.25) is 9.98 Å². The van der Waals surface area contributed by atoms with Crippen LogP contribution in [-0.2, 0) is 6.54 Å². The van der Waals surface area contributed by atoms with E-state index < -0.39 is 0 Å². The molecule has 1 fully saturated rings. The summed E-state index contributed by atoms with van der Waals surface area (Å²) in [5.74, 6) is 1.85. The van der Waals surface area contributed by atoms with E-state index in [1.165, 1.54) is 22.4 Å². The fourth-order valence-corrected chi connectivity index (χ4v) is 5.81. The second kappa shape index (κ2) is 16.0. The lowest BCUT2D eigenvalue weighted by Gasteiger charge is -2.47. The highest BCUT2D eigenvalue weighted by molar-refractivity contribution is 7.99. The molecule has 0 atom stereocenters. The first-order valence-electron chi connectivity index (χ1n) is 14.0. The third kappa shape index (κ3) is 9.53. The lowest BCUT2D eigenvalue weighted by atomic mass is 9.75. The van der Waals surface area contributed by atoms with Gasteiger partial charge in [0.1, 0.15) is 5.84 Å². The molecular weight excluding hydrogens is 488 g/mol. The molecule has 1 aliphatic carbocycles. The Morgan fingerprint density at radius 2 is 1.82 bits per heavy atom. The lowest BCUT2D eigenvalue weighted by Crippen LogP contribution is -2.63. The van der Waals surface area contributed by atoms with Gasteiger partial charge in [-0.15, -0.1) is 11.8 Å². The second-order valence-electron chi connectivity index (χ2n) is 10.4. The minimum absolute atomic E-state index is 0.00677. The van der Waals surface area contributed by atoms with Gasteiger partial charge in [0, 0.05) is 46.9 Å². The van der Waals surface area contributed by atoms with Gasteiger partial charge in [0.25, 0.3) is 0 Å². The zero-order valence-electron chi connectivity index (χ0n) is 24.7. The second-order valence-corrected chi connectivity index (χ2v) is 11.6. The minimum atomic E-state index is 0.00677. The van der Waals surface area contributed by atoms with Crippen molar-refractivity contribution in [1.82, 2.24) is 21.3 Å². The number of hydrogen-bond acceptors (Lipinski definition) is 6. The molecule has 0 aliphatic heterocycles. The van der Waals surface area contributed by atoms with Crippen LogP contribution in [-0.4, -0.2) is 63.1 Å². The molecule has 1 saturated carbocycles. The van der Waals surface area contributed by atoms with E-state index in [2.05, 4.69) is 90.1 Å². The molecule has 0 radical (unpaired) electrons. The fraction of sp³-hybridized carbons (Fsp3) is 0.548. The molecule has 0 saturated heterocycles. The highest BCUT2D eigenvalue weighted by Gasteiger charge is 2.40. The monoisotopic (exact) mass is 538 g/mol. The van der Waals surface area contributed by atoms with Gasteiger partial charge < -0.3 is 21.3 Å². The summed E-state index contributed by atoms with van der Waals surface area (Å²) >= 11 is 1.88. The van der Waals surface area contributed by atoms with Gasteiger partial charge in [0.15, 0.2) is 0 Å². The summed E-state index contributed by atoms with van der Waals surface area (Å²) in [5, 5.41) is 14.1. The molecule has 6 nitrogen and oxygen atoms in total. The molecule has 0 heterocycles. The molecule has 38 heavy (non-hydrogen) atoms. The SMILES string of the molecule is C=Nc1ccc(C)cc1C(=NCC1(NC(C)(C)CNC)CCC1)NCCSc1ccccc1CNC.CC. The Kier molecular flexibility index (Phi) is 13.5. The number of thioether (sulfide) groups is 1. The molecular formula is C31H50N6S. The van der Waals surface area contributed by atoms with Crippen LogP contribution < -0.4 is 21.3 Å². The number of likely N-dealkylation sites (N-methyl/N-ethyl adjacent to an activating group) is 1. The Morgan fingerprint density at radius 1 is 1.08 bits per heavy atom. The van der Waals surface area contributed by atoms with Crippen LogP contribution in [0.1, 0.15) is 63.6 Å². The summed E-state index contributed by atoms with van der Waals surface area (Å²) in [4.78, 5) is 10.8. The van der Waals surface area contributed by atoms with Crippen molar-refractivity contribution in [2.24, 2.45) is 9.98 Å². The number of aliphatic imine (C=N–C) groups is 2. The summed E-state index contributed by atoms with van der Waals surface area (Å²) in [7, 11) is 4.00. The standard InChI is InChI=1S/C29H44N6S.C2H6/c1-22-12-13-25(32-6)24(18-22)27(33-16-17-36-26-11-8-7-10-23(26)19-30-4)34-21-29(14-9-15-29)35-28(2,3)20-31-5;1-2/h7-8,10-13,18,30-31,35H,6,9,14-17,19-21H2,1-5H3,(H,33,34);1-2H3. The van der Waals surface area contributed by atoms with E-state index in [-0.39, 0.29) is 11.1 Å². The number of nitrogens with one attached hydrogen (secondary N) is 4. The van der Waals surface area contributed by atoms with Crippen molar-refractivity contribution in [3.05, 3.63) is 59.2 Å². The first kappa shape index (κ1) is 32.0. The van der Waals surface area contributed by atoms with Crippen LogP contribution in [0.2, 0.25) is 0 Å². The van der Waals surface area contributed by atoms with Gasteiger partial charge in [-0.05, 0) is 84.6 Å². The smallest absolute Gasteiger partial charge is 0.130 e. The maximum Gasteiger partial charge on any atom is 0.130 e. The van der Waals surface area contributed by atoms with Gasteiger partial charge in [-0.1, -0.05) is 43.7 Å². The molecule has 0 bridgehead atoms. The summed E-state index contributed by atoms with van der Waals surface area (Å²) in [6, 6.07) is 14.9. The molecule has 2 aromatic carbocycles. The first-order chi connectivity index (χ1) is 18.3. The third-order valence-corrected chi connectivity index (χ3v) is 7.76. The highest BCUT2D eigenvalue weighted by atomic mass is 32.2.